The van der Waals surface area contributed by atoms with Crippen LogP contribution in [-0.2, 0) is 4.79 Å². The van der Waals surface area contributed by atoms with Crippen molar-refractivity contribution in [2.75, 3.05) is 6.61 Å². The molecule has 0 radical (unpaired) electrons. The number of ether oxygens (including phenoxy) is 1. The fourth-order valence-electron chi connectivity index (χ4n) is 2.52. The van der Waals surface area contributed by atoms with Crippen LogP contribution in [0.4, 0.5) is 22.0 Å². The summed E-state index contributed by atoms with van der Waals surface area (Å²) in [7, 11) is 0. The number of hydrogen-bond acceptors (Lipinski definition) is 4. The van der Waals surface area contributed by atoms with E-state index < -0.39 is 47.9 Å². The maximum absolute atomic E-state index is 13.8. The smallest absolute Gasteiger partial charge is 0.459 e. The summed E-state index contributed by atoms with van der Waals surface area (Å²) in [5.74, 6) is -6.43. The minimum Gasteiger partial charge on any atom is -0.482 e. The minimum absolute atomic E-state index is 0.0211. The third-order valence-corrected chi connectivity index (χ3v) is 4.92. The Hall–Kier alpha value is -1.65. The quantitative estimate of drug-likeness (QED) is 0.647. The van der Waals surface area contributed by atoms with Crippen LogP contribution in [0.1, 0.15) is 27.2 Å². The van der Waals surface area contributed by atoms with Gasteiger partial charge in [0.25, 0.3) is 5.91 Å². The molecule has 0 saturated carbocycles. The van der Waals surface area contributed by atoms with Crippen LogP contribution in [0.5, 0.6) is 5.75 Å². The van der Waals surface area contributed by atoms with Crippen LogP contribution < -0.4 is 4.74 Å². The molecular weight excluding hydrogens is 446 g/mol. The second-order valence-electron chi connectivity index (χ2n) is 7.43. The molecule has 0 bridgehead atoms. The minimum atomic E-state index is -5.93. The second kappa shape index (κ2) is 7.55. The van der Waals surface area contributed by atoms with E-state index in [9.17, 15) is 31.9 Å². The lowest BCUT2D eigenvalue weighted by molar-refractivity contribution is -0.250. The zero-order valence-electron chi connectivity index (χ0n) is 15.5. The van der Waals surface area contributed by atoms with Crippen LogP contribution in [0.2, 0.25) is 10.0 Å². The van der Waals surface area contributed by atoms with Crippen LogP contribution >= 0.6 is 23.2 Å². The van der Waals surface area contributed by atoms with E-state index in [2.05, 4.69) is 5.10 Å². The number of carbonyl (C=O) groups is 1. The predicted molar refractivity (Wildman–Crippen MR) is 96.3 cm³/mol. The summed E-state index contributed by atoms with van der Waals surface area (Å²) >= 11 is 11.6. The molecule has 0 saturated heterocycles. The second-order valence-corrected chi connectivity index (χ2v) is 8.27. The average Bonchev–Trinajstić information content (AvgIpc) is 2.92. The zero-order chi connectivity index (χ0) is 22.4. The Morgan fingerprint density at radius 3 is 2.31 bits per heavy atom. The van der Waals surface area contributed by atoms with Gasteiger partial charge in [-0.05, 0) is 18.2 Å². The van der Waals surface area contributed by atoms with Crippen LogP contribution in [-0.4, -0.2) is 46.2 Å². The van der Waals surface area contributed by atoms with Crippen LogP contribution in [0.15, 0.2) is 23.3 Å². The molecule has 1 aliphatic rings. The third kappa shape index (κ3) is 4.44. The summed E-state index contributed by atoms with van der Waals surface area (Å²) in [6.45, 7) is 3.28. The average molecular weight is 463 g/mol. The first-order valence-corrected chi connectivity index (χ1v) is 8.92. The van der Waals surface area contributed by atoms with Crippen LogP contribution in [0.25, 0.3) is 0 Å². The maximum Gasteiger partial charge on any atom is 0.459 e. The molecule has 1 heterocycles. The largest absolute Gasteiger partial charge is 0.482 e. The van der Waals surface area contributed by atoms with Gasteiger partial charge in [-0.25, -0.2) is 0 Å². The van der Waals surface area contributed by atoms with Gasteiger partial charge in [-0.15, -0.1) is 0 Å². The lowest BCUT2D eigenvalue weighted by Gasteiger charge is -2.41. The van der Waals surface area contributed by atoms with Gasteiger partial charge in [0.15, 0.2) is 12.3 Å². The topological polar surface area (TPSA) is 62.1 Å². The molecule has 1 atom stereocenters. The Morgan fingerprint density at radius 1 is 1.24 bits per heavy atom. The van der Waals surface area contributed by atoms with Gasteiger partial charge in [0, 0.05) is 16.9 Å². The number of alkyl halides is 5. The number of rotatable bonds is 4. The summed E-state index contributed by atoms with van der Waals surface area (Å²) in [6, 6.07) is 4.07. The first-order chi connectivity index (χ1) is 13.0. The van der Waals surface area contributed by atoms with E-state index >= 15 is 0 Å². The van der Waals surface area contributed by atoms with Crippen molar-refractivity contribution < 1.29 is 36.6 Å². The van der Waals surface area contributed by atoms with E-state index in [1.54, 1.807) is 0 Å². The number of hydrogen-bond donors (Lipinski definition) is 1. The Morgan fingerprint density at radius 2 is 1.83 bits per heavy atom. The highest BCUT2D eigenvalue weighted by atomic mass is 35.5. The summed E-state index contributed by atoms with van der Waals surface area (Å²) in [5.41, 5.74) is -5.41. The summed E-state index contributed by atoms with van der Waals surface area (Å²) in [5, 5.41) is 14.5. The summed E-state index contributed by atoms with van der Waals surface area (Å²) < 4.78 is 71.0. The van der Waals surface area contributed by atoms with E-state index in [0.29, 0.717) is 5.02 Å². The van der Waals surface area contributed by atoms with Crippen molar-refractivity contribution in [2.45, 2.75) is 45.0 Å². The molecule has 0 spiro atoms. The predicted octanol–water partition coefficient (Wildman–Crippen LogP) is 4.89. The molecule has 0 aromatic heterocycles. The van der Waals surface area contributed by atoms with Gasteiger partial charge in [0.2, 0.25) is 0 Å². The number of halogens is 7. The number of amides is 1. The van der Waals surface area contributed by atoms with Crippen LogP contribution in [0, 0.1) is 5.41 Å². The van der Waals surface area contributed by atoms with Crippen molar-refractivity contribution in [3.63, 3.8) is 0 Å². The molecule has 0 aliphatic carbocycles. The van der Waals surface area contributed by atoms with Gasteiger partial charge in [-0.2, -0.15) is 32.1 Å². The van der Waals surface area contributed by atoms with Gasteiger partial charge < -0.3 is 9.84 Å². The SMILES string of the molecule is CC(C)(C)[C@@]1(O)CC(C(F)(F)C(F)(F)F)=NN1C(=O)COc1ccc(Cl)cc1Cl. The zero-order valence-corrected chi connectivity index (χ0v) is 17.0. The molecule has 1 aromatic rings. The van der Waals surface area contributed by atoms with Crippen molar-refractivity contribution >= 4 is 34.8 Å². The summed E-state index contributed by atoms with van der Waals surface area (Å²) in [6.07, 6.45) is -7.12. The number of benzene rings is 1. The van der Waals surface area contributed by atoms with Crippen molar-refractivity contribution in [3.8, 4) is 5.75 Å². The van der Waals surface area contributed by atoms with E-state index in [0.717, 1.165) is 0 Å². The van der Waals surface area contributed by atoms with Crippen molar-refractivity contribution in [2.24, 2.45) is 10.5 Å². The van der Waals surface area contributed by atoms with Crippen molar-refractivity contribution in [1.29, 1.82) is 0 Å². The highest BCUT2D eigenvalue weighted by Crippen LogP contribution is 2.47. The molecule has 162 valence electrons. The fraction of sp³-hybridized carbons (Fsp3) is 0.529. The Bertz CT molecular complexity index is 839. The standard InChI is InChI=1S/C17H17Cl2F5N2O3/c1-14(2,3)15(28)7-12(16(20,21)17(22,23)24)25-26(15)13(27)8-29-11-5-4-9(18)6-10(11)19/h4-6,28H,7-8H2,1-3H3/t15-/m0/s1. The maximum atomic E-state index is 13.8. The molecular formula is C17H17Cl2F5N2O3. The Kier molecular flexibility index (Phi) is 6.15. The van der Waals surface area contributed by atoms with Gasteiger partial charge in [0.05, 0.1) is 5.02 Å². The Labute approximate surface area is 173 Å². The van der Waals surface area contributed by atoms with Crippen molar-refractivity contribution in [1.82, 2.24) is 5.01 Å². The number of hydrazone groups is 1. The first kappa shape index (κ1) is 23.6. The summed E-state index contributed by atoms with van der Waals surface area (Å²) in [4.78, 5) is 12.5. The van der Waals surface area contributed by atoms with E-state index in [-0.39, 0.29) is 15.8 Å². The fourth-order valence-corrected chi connectivity index (χ4v) is 2.99. The first-order valence-electron chi connectivity index (χ1n) is 8.16. The highest BCUT2D eigenvalue weighted by molar-refractivity contribution is 6.35. The molecule has 0 unspecified atom stereocenters. The molecule has 29 heavy (non-hydrogen) atoms. The van der Waals surface area contributed by atoms with E-state index in [1.165, 1.54) is 39.0 Å². The number of aliphatic hydroxyl groups is 1. The van der Waals surface area contributed by atoms with E-state index in [1.807, 2.05) is 0 Å². The molecule has 1 N–H and O–H groups in total. The molecule has 1 aromatic carbocycles. The number of nitrogens with zero attached hydrogens (tertiary/aromatic N) is 2. The number of carbonyl (C=O) groups excluding carboxylic acids is 1. The van der Waals surface area contributed by atoms with Gasteiger partial charge in [-0.3, -0.25) is 4.79 Å². The van der Waals surface area contributed by atoms with E-state index in [4.69, 9.17) is 27.9 Å². The molecule has 5 nitrogen and oxygen atoms in total. The third-order valence-electron chi connectivity index (χ3n) is 4.39. The lowest BCUT2D eigenvalue weighted by atomic mass is 9.79. The Balaban J connectivity index is 2.33. The highest BCUT2D eigenvalue weighted by Gasteiger charge is 2.66. The monoisotopic (exact) mass is 462 g/mol. The molecule has 1 amide bonds. The molecule has 0 fully saturated rings. The van der Waals surface area contributed by atoms with Crippen molar-refractivity contribution in [3.05, 3.63) is 28.2 Å². The van der Waals surface area contributed by atoms with Gasteiger partial charge >= 0.3 is 12.1 Å². The molecule has 1 aliphatic heterocycles. The molecule has 2 rings (SSSR count). The van der Waals surface area contributed by atoms with Crippen LogP contribution in [0.3, 0.4) is 0 Å². The normalized spacial score (nSPS) is 20.7. The van der Waals surface area contributed by atoms with Gasteiger partial charge in [-0.1, -0.05) is 44.0 Å². The van der Waals surface area contributed by atoms with Gasteiger partial charge in [0.1, 0.15) is 11.5 Å². The molecule has 12 heteroatoms. The lowest BCUT2D eigenvalue weighted by Crippen LogP contribution is -2.56.